The topological polar surface area (TPSA) is 56.3 Å². The Morgan fingerprint density at radius 2 is 1.77 bits per heavy atom. The Bertz CT molecular complexity index is 1270. The van der Waals surface area contributed by atoms with Gasteiger partial charge in [0.2, 0.25) is 0 Å². The third-order valence-corrected chi connectivity index (χ3v) is 6.91. The molecule has 2 aromatic carbocycles. The van der Waals surface area contributed by atoms with Crippen molar-refractivity contribution in [2.24, 2.45) is 0 Å². The fraction of sp³-hybridized carbons (Fsp3) is 0.217. The Balaban J connectivity index is 1.48. The summed E-state index contributed by atoms with van der Waals surface area (Å²) in [5.41, 5.74) is 3.25. The monoisotopic (exact) mass is 435 g/mol. The van der Waals surface area contributed by atoms with Crippen LogP contribution in [-0.4, -0.2) is 23.2 Å². The van der Waals surface area contributed by atoms with Crippen LogP contribution in [0, 0.1) is 0 Å². The maximum absolute atomic E-state index is 6.07. The summed E-state index contributed by atoms with van der Waals surface area (Å²) in [6, 6.07) is 13.6. The van der Waals surface area contributed by atoms with Gasteiger partial charge in [-0.1, -0.05) is 11.6 Å². The van der Waals surface area contributed by atoms with Gasteiger partial charge in [-0.3, -0.25) is 0 Å². The number of nitrogens with one attached hydrogen (secondary N) is 1. The highest BCUT2D eigenvalue weighted by Gasteiger charge is 2.23. The summed E-state index contributed by atoms with van der Waals surface area (Å²) in [5, 5.41) is 5.37. The lowest BCUT2D eigenvalue weighted by Gasteiger charge is -2.19. The lowest BCUT2D eigenvalue weighted by atomic mass is 10.1. The number of hydrogen-bond acceptors (Lipinski definition) is 6. The SMILES string of the molecule is Clc1ccc(-c2nc(Nc3ccc4c(c3)OCCO4)c3c4c(sc3n2)CCC4)cc1. The molecule has 2 aromatic heterocycles. The van der Waals surface area contributed by atoms with Crippen molar-refractivity contribution < 1.29 is 9.47 Å². The number of anilines is 2. The van der Waals surface area contributed by atoms with Gasteiger partial charge >= 0.3 is 0 Å². The molecule has 5 nitrogen and oxygen atoms in total. The number of aryl methyl sites for hydroxylation is 2. The van der Waals surface area contributed by atoms with Gasteiger partial charge in [0.1, 0.15) is 23.9 Å². The predicted molar refractivity (Wildman–Crippen MR) is 121 cm³/mol. The number of thiophene rings is 1. The van der Waals surface area contributed by atoms with Crippen LogP contribution in [0.3, 0.4) is 0 Å². The van der Waals surface area contributed by atoms with Crippen molar-refractivity contribution in [3.05, 3.63) is 57.9 Å². The number of hydrogen-bond donors (Lipinski definition) is 1. The molecule has 0 radical (unpaired) electrons. The van der Waals surface area contributed by atoms with Crippen molar-refractivity contribution in [1.82, 2.24) is 9.97 Å². The van der Waals surface area contributed by atoms with Gasteiger partial charge in [0, 0.05) is 27.2 Å². The lowest BCUT2D eigenvalue weighted by molar-refractivity contribution is 0.171. The van der Waals surface area contributed by atoms with E-state index in [2.05, 4.69) is 5.32 Å². The number of rotatable bonds is 3. The van der Waals surface area contributed by atoms with Crippen molar-refractivity contribution in [3.8, 4) is 22.9 Å². The molecule has 7 heteroatoms. The molecular weight excluding hydrogens is 418 g/mol. The highest BCUT2D eigenvalue weighted by atomic mass is 35.5. The quantitative estimate of drug-likeness (QED) is 0.426. The Hall–Kier alpha value is -2.83. The first kappa shape index (κ1) is 18.0. The van der Waals surface area contributed by atoms with Crippen LogP contribution < -0.4 is 14.8 Å². The molecule has 2 aliphatic rings. The molecule has 0 unspecified atom stereocenters. The van der Waals surface area contributed by atoms with Crippen molar-refractivity contribution >= 4 is 44.7 Å². The van der Waals surface area contributed by atoms with Crippen LogP contribution in [0.2, 0.25) is 5.02 Å². The van der Waals surface area contributed by atoms with Crippen molar-refractivity contribution in [2.75, 3.05) is 18.5 Å². The van der Waals surface area contributed by atoms with Crippen molar-refractivity contribution in [2.45, 2.75) is 19.3 Å². The molecule has 4 aromatic rings. The normalized spacial score (nSPS) is 14.7. The minimum absolute atomic E-state index is 0.562. The summed E-state index contributed by atoms with van der Waals surface area (Å²) in [6.45, 7) is 1.14. The van der Waals surface area contributed by atoms with Gasteiger partial charge in [-0.05, 0) is 61.2 Å². The van der Waals surface area contributed by atoms with Crippen LogP contribution in [0.4, 0.5) is 11.5 Å². The van der Waals surface area contributed by atoms with Gasteiger partial charge in [0.15, 0.2) is 17.3 Å². The third kappa shape index (κ3) is 3.07. The van der Waals surface area contributed by atoms with Crippen LogP contribution >= 0.6 is 22.9 Å². The summed E-state index contributed by atoms with van der Waals surface area (Å²) in [5.74, 6) is 3.06. The first-order chi connectivity index (χ1) is 14.7. The Kier molecular flexibility index (Phi) is 4.28. The van der Waals surface area contributed by atoms with E-state index in [0.717, 1.165) is 51.6 Å². The molecule has 0 saturated heterocycles. The fourth-order valence-electron chi connectivity index (χ4n) is 4.07. The number of aromatic nitrogens is 2. The molecule has 3 heterocycles. The minimum atomic E-state index is 0.562. The van der Waals surface area contributed by atoms with E-state index in [1.165, 1.54) is 16.9 Å². The maximum Gasteiger partial charge on any atom is 0.163 e. The zero-order valence-electron chi connectivity index (χ0n) is 16.1. The summed E-state index contributed by atoms with van der Waals surface area (Å²) in [4.78, 5) is 12.3. The minimum Gasteiger partial charge on any atom is -0.486 e. The first-order valence-corrected chi connectivity index (χ1v) is 11.2. The molecule has 1 aliphatic heterocycles. The largest absolute Gasteiger partial charge is 0.486 e. The van der Waals surface area contributed by atoms with Gasteiger partial charge < -0.3 is 14.8 Å². The van der Waals surface area contributed by atoms with Gasteiger partial charge in [-0.2, -0.15) is 0 Å². The average molecular weight is 436 g/mol. The standard InChI is InChI=1S/C23H18ClN3O2S/c24-14-6-4-13(5-7-14)21-26-22(20-16-2-1-3-19(16)30-23(20)27-21)25-15-8-9-17-18(12-15)29-11-10-28-17/h4-9,12H,1-3,10-11H2,(H,25,26,27). The van der Waals surface area contributed by atoms with Crippen LogP contribution in [0.1, 0.15) is 16.9 Å². The lowest BCUT2D eigenvalue weighted by Crippen LogP contribution is -2.15. The third-order valence-electron chi connectivity index (χ3n) is 5.47. The molecule has 30 heavy (non-hydrogen) atoms. The van der Waals surface area contributed by atoms with Gasteiger partial charge in [-0.25, -0.2) is 9.97 Å². The van der Waals surface area contributed by atoms with E-state index in [0.29, 0.717) is 24.1 Å². The van der Waals surface area contributed by atoms with E-state index in [1.54, 1.807) is 11.3 Å². The van der Waals surface area contributed by atoms with Crippen molar-refractivity contribution in [1.29, 1.82) is 0 Å². The number of halogens is 1. The second-order valence-electron chi connectivity index (χ2n) is 7.42. The number of fused-ring (bicyclic) bond motifs is 4. The first-order valence-electron chi connectivity index (χ1n) is 9.99. The second-order valence-corrected chi connectivity index (χ2v) is 8.94. The molecule has 0 fully saturated rings. The summed E-state index contributed by atoms with van der Waals surface area (Å²) in [6.07, 6.45) is 3.39. The molecule has 0 saturated carbocycles. The Labute approximate surface area is 182 Å². The van der Waals surface area contributed by atoms with Crippen LogP contribution in [-0.2, 0) is 12.8 Å². The molecular formula is C23H18ClN3O2S. The van der Waals surface area contributed by atoms with E-state index >= 15 is 0 Å². The summed E-state index contributed by atoms with van der Waals surface area (Å²) >= 11 is 7.85. The molecule has 0 spiro atoms. The molecule has 1 aliphatic carbocycles. The average Bonchev–Trinajstić information content (AvgIpc) is 3.35. The summed E-state index contributed by atoms with van der Waals surface area (Å²) in [7, 11) is 0. The Morgan fingerprint density at radius 1 is 0.933 bits per heavy atom. The zero-order chi connectivity index (χ0) is 20.1. The number of benzene rings is 2. The van der Waals surface area contributed by atoms with E-state index < -0.39 is 0 Å². The summed E-state index contributed by atoms with van der Waals surface area (Å²) < 4.78 is 11.4. The molecule has 0 atom stereocenters. The number of ether oxygens (including phenoxy) is 2. The highest BCUT2D eigenvalue weighted by molar-refractivity contribution is 7.19. The molecule has 0 amide bonds. The van der Waals surface area contributed by atoms with E-state index in [4.69, 9.17) is 31.0 Å². The molecule has 0 bridgehead atoms. The predicted octanol–water partition coefficient (Wildman–Crippen LogP) is 6.02. The molecule has 1 N–H and O–H groups in total. The second kappa shape index (κ2) is 7.15. The van der Waals surface area contributed by atoms with E-state index in [9.17, 15) is 0 Å². The zero-order valence-corrected chi connectivity index (χ0v) is 17.6. The highest BCUT2D eigenvalue weighted by Crippen LogP contribution is 2.42. The van der Waals surface area contributed by atoms with E-state index in [-0.39, 0.29) is 0 Å². The fourth-order valence-corrected chi connectivity index (χ4v) is 5.46. The van der Waals surface area contributed by atoms with Gasteiger partial charge in [-0.15, -0.1) is 11.3 Å². The van der Waals surface area contributed by atoms with Crippen LogP contribution in [0.25, 0.3) is 21.6 Å². The maximum atomic E-state index is 6.07. The van der Waals surface area contributed by atoms with Gasteiger partial charge in [0.25, 0.3) is 0 Å². The molecule has 6 rings (SSSR count). The van der Waals surface area contributed by atoms with E-state index in [1.807, 2.05) is 42.5 Å². The number of nitrogens with zero attached hydrogens (tertiary/aromatic N) is 2. The van der Waals surface area contributed by atoms with Crippen LogP contribution in [0.5, 0.6) is 11.5 Å². The molecule has 150 valence electrons. The van der Waals surface area contributed by atoms with Crippen molar-refractivity contribution in [3.63, 3.8) is 0 Å². The van der Waals surface area contributed by atoms with Gasteiger partial charge in [0.05, 0.1) is 5.39 Å². The smallest absolute Gasteiger partial charge is 0.163 e. The Morgan fingerprint density at radius 3 is 2.63 bits per heavy atom. The van der Waals surface area contributed by atoms with Crippen LogP contribution in [0.15, 0.2) is 42.5 Å².